The second kappa shape index (κ2) is 3.38. The molecule has 0 heterocycles. The Morgan fingerprint density at radius 3 is 1.90 bits per heavy atom. The van der Waals surface area contributed by atoms with E-state index < -0.39 is 6.10 Å². The summed E-state index contributed by atoms with van der Waals surface area (Å²) < 4.78 is 0. The SMILES string of the molecule is [CH2]C(O)C(C)(C)CC(C)C. The van der Waals surface area contributed by atoms with E-state index >= 15 is 0 Å². The Kier molecular flexibility index (Phi) is 3.37. The van der Waals surface area contributed by atoms with Crippen LogP contribution in [0.2, 0.25) is 0 Å². The number of hydrogen-bond donors (Lipinski definition) is 1. The van der Waals surface area contributed by atoms with Crippen LogP contribution >= 0.6 is 0 Å². The molecule has 1 radical (unpaired) electrons. The van der Waals surface area contributed by atoms with Gasteiger partial charge in [-0.05, 0) is 24.7 Å². The van der Waals surface area contributed by atoms with Gasteiger partial charge >= 0.3 is 0 Å². The fraction of sp³-hybridized carbons (Fsp3) is 0.889. The number of aliphatic hydroxyl groups excluding tert-OH is 1. The molecule has 0 fully saturated rings. The number of aliphatic hydroxyl groups is 1. The Labute approximate surface area is 64.5 Å². The predicted molar refractivity (Wildman–Crippen MR) is 44.6 cm³/mol. The lowest BCUT2D eigenvalue weighted by Gasteiger charge is -2.29. The highest BCUT2D eigenvalue weighted by Crippen LogP contribution is 2.28. The number of hydrogen-bond acceptors (Lipinski definition) is 1. The standard InChI is InChI=1S/C9H19O/c1-7(2)6-9(4,5)8(3)10/h7-8,10H,3,6H2,1-2,4-5H3. The molecule has 0 aromatic heterocycles. The van der Waals surface area contributed by atoms with Crippen molar-refractivity contribution in [3.8, 4) is 0 Å². The topological polar surface area (TPSA) is 20.2 Å². The van der Waals surface area contributed by atoms with Gasteiger partial charge in [0.15, 0.2) is 0 Å². The molecular weight excluding hydrogens is 124 g/mol. The van der Waals surface area contributed by atoms with Crippen molar-refractivity contribution >= 4 is 0 Å². The van der Waals surface area contributed by atoms with Crippen LogP contribution in [-0.4, -0.2) is 11.2 Å². The minimum atomic E-state index is -0.449. The Hall–Kier alpha value is -0.0400. The van der Waals surface area contributed by atoms with Crippen molar-refractivity contribution in [2.24, 2.45) is 11.3 Å². The maximum absolute atomic E-state index is 9.22. The molecule has 1 nitrogen and oxygen atoms in total. The molecule has 10 heavy (non-hydrogen) atoms. The van der Waals surface area contributed by atoms with Crippen molar-refractivity contribution in [2.75, 3.05) is 0 Å². The van der Waals surface area contributed by atoms with Crippen LogP contribution < -0.4 is 0 Å². The predicted octanol–water partition coefficient (Wildman–Crippen LogP) is 2.25. The Bertz CT molecular complexity index is 92.9. The summed E-state index contributed by atoms with van der Waals surface area (Å²) in [7, 11) is 0. The molecule has 0 aliphatic rings. The van der Waals surface area contributed by atoms with Gasteiger partial charge in [0, 0.05) is 0 Å². The van der Waals surface area contributed by atoms with E-state index in [9.17, 15) is 5.11 Å². The lowest BCUT2D eigenvalue weighted by molar-refractivity contribution is 0.0707. The molecule has 0 bridgehead atoms. The summed E-state index contributed by atoms with van der Waals surface area (Å²) in [6, 6.07) is 0. The van der Waals surface area contributed by atoms with Gasteiger partial charge in [-0.25, -0.2) is 0 Å². The smallest absolute Gasteiger partial charge is 0.0592 e. The summed E-state index contributed by atoms with van der Waals surface area (Å²) in [6.45, 7) is 12.0. The average Bonchev–Trinajstić information content (AvgIpc) is 1.60. The maximum Gasteiger partial charge on any atom is 0.0592 e. The summed E-state index contributed by atoms with van der Waals surface area (Å²) in [5.74, 6) is 0.631. The van der Waals surface area contributed by atoms with Crippen LogP contribution in [0.1, 0.15) is 34.1 Å². The lowest BCUT2D eigenvalue weighted by Crippen LogP contribution is -2.28. The second-order valence-corrected chi connectivity index (χ2v) is 4.10. The van der Waals surface area contributed by atoms with Gasteiger partial charge in [-0.2, -0.15) is 0 Å². The lowest BCUT2D eigenvalue weighted by atomic mass is 9.80. The molecule has 0 rings (SSSR count). The largest absolute Gasteiger partial charge is 0.393 e. The van der Waals surface area contributed by atoms with E-state index in [0.717, 1.165) is 6.42 Å². The quantitative estimate of drug-likeness (QED) is 0.642. The average molecular weight is 143 g/mol. The third kappa shape index (κ3) is 3.21. The van der Waals surface area contributed by atoms with Crippen LogP contribution in [0.3, 0.4) is 0 Å². The van der Waals surface area contributed by atoms with Gasteiger partial charge in [-0.1, -0.05) is 27.7 Å². The van der Waals surface area contributed by atoms with Gasteiger partial charge in [-0.3, -0.25) is 0 Å². The molecule has 0 saturated carbocycles. The first-order valence-electron chi connectivity index (χ1n) is 3.87. The van der Waals surface area contributed by atoms with Crippen molar-refractivity contribution in [3.63, 3.8) is 0 Å². The molecule has 0 aromatic rings. The zero-order valence-electron chi connectivity index (χ0n) is 7.52. The molecule has 61 valence electrons. The molecule has 0 aromatic carbocycles. The first-order chi connectivity index (χ1) is 4.36. The van der Waals surface area contributed by atoms with Crippen LogP contribution in [-0.2, 0) is 0 Å². The van der Waals surface area contributed by atoms with Gasteiger partial charge in [0.05, 0.1) is 6.10 Å². The van der Waals surface area contributed by atoms with E-state index in [4.69, 9.17) is 0 Å². The molecule has 0 spiro atoms. The van der Waals surface area contributed by atoms with Gasteiger partial charge in [0.1, 0.15) is 0 Å². The Morgan fingerprint density at radius 2 is 1.80 bits per heavy atom. The first-order valence-corrected chi connectivity index (χ1v) is 3.87. The Balaban J connectivity index is 3.87. The molecule has 1 N–H and O–H groups in total. The third-order valence-electron chi connectivity index (χ3n) is 1.84. The fourth-order valence-electron chi connectivity index (χ4n) is 1.19. The molecular formula is C9H19O. The summed E-state index contributed by atoms with van der Waals surface area (Å²) in [6.07, 6.45) is 0.576. The van der Waals surface area contributed by atoms with Gasteiger partial charge in [-0.15, -0.1) is 0 Å². The Morgan fingerprint density at radius 1 is 1.40 bits per heavy atom. The molecule has 1 unspecified atom stereocenters. The van der Waals surface area contributed by atoms with E-state index in [-0.39, 0.29) is 5.41 Å². The van der Waals surface area contributed by atoms with Crippen molar-refractivity contribution < 1.29 is 5.11 Å². The first kappa shape index (κ1) is 9.96. The van der Waals surface area contributed by atoms with Crippen molar-refractivity contribution in [1.29, 1.82) is 0 Å². The second-order valence-electron chi connectivity index (χ2n) is 4.10. The zero-order chi connectivity index (χ0) is 8.36. The highest BCUT2D eigenvalue weighted by atomic mass is 16.3. The van der Waals surface area contributed by atoms with Crippen LogP contribution in [0.15, 0.2) is 0 Å². The van der Waals surface area contributed by atoms with Crippen LogP contribution in [0.5, 0.6) is 0 Å². The molecule has 0 saturated heterocycles. The summed E-state index contributed by atoms with van der Waals surface area (Å²) >= 11 is 0. The number of rotatable bonds is 3. The summed E-state index contributed by atoms with van der Waals surface area (Å²) in [5, 5.41) is 9.22. The van der Waals surface area contributed by atoms with E-state index in [1.807, 2.05) is 13.8 Å². The van der Waals surface area contributed by atoms with Crippen LogP contribution in [0.4, 0.5) is 0 Å². The van der Waals surface area contributed by atoms with Crippen LogP contribution in [0.25, 0.3) is 0 Å². The van der Waals surface area contributed by atoms with Crippen molar-refractivity contribution in [2.45, 2.75) is 40.2 Å². The molecule has 0 aliphatic carbocycles. The summed E-state index contributed by atoms with van der Waals surface area (Å²) in [4.78, 5) is 0. The van der Waals surface area contributed by atoms with E-state index in [1.54, 1.807) is 0 Å². The van der Waals surface area contributed by atoms with Crippen LogP contribution in [0, 0.1) is 18.3 Å². The van der Waals surface area contributed by atoms with Gasteiger partial charge < -0.3 is 5.11 Å². The van der Waals surface area contributed by atoms with Gasteiger partial charge in [0.25, 0.3) is 0 Å². The normalized spacial score (nSPS) is 15.9. The minimum absolute atomic E-state index is 0.0336. The monoisotopic (exact) mass is 143 g/mol. The van der Waals surface area contributed by atoms with Crippen molar-refractivity contribution in [1.82, 2.24) is 0 Å². The van der Waals surface area contributed by atoms with E-state index in [1.165, 1.54) is 0 Å². The minimum Gasteiger partial charge on any atom is -0.393 e. The summed E-state index contributed by atoms with van der Waals surface area (Å²) in [5.41, 5.74) is -0.0336. The third-order valence-corrected chi connectivity index (χ3v) is 1.84. The van der Waals surface area contributed by atoms with Gasteiger partial charge in [0.2, 0.25) is 0 Å². The fourth-order valence-corrected chi connectivity index (χ4v) is 1.19. The van der Waals surface area contributed by atoms with E-state index in [0.29, 0.717) is 5.92 Å². The molecule has 0 amide bonds. The highest BCUT2D eigenvalue weighted by molar-refractivity contribution is 4.79. The zero-order valence-corrected chi connectivity index (χ0v) is 7.52. The molecule has 1 heteroatoms. The maximum atomic E-state index is 9.22. The van der Waals surface area contributed by atoms with E-state index in [2.05, 4.69) is 20.8 Å². The van der Waals surface area contributed by atoms with Crippen molar-refractivity contribution in [3.05, 3.63) is 6.92 Å². The molecule has 1 atom stereocenters. The highest BCUT2D eigenvalue weighted by Gasteiger charge is 2.24. The molecule has 0 aliphatic heterocycles.